The van der Waals surface area contributed by atoms with Crippen molar-refractivity contribution in [3.05, 3.63) is 52.0 Å². The van der Waals surface area contributed by atoms with Crippen LogP contribution in [0.1, 0.15) is 23.9 Å². The summed E-state index contributed by atoms with van der Waals surface area (Å²) in [6.07, 6.45) is 5.12. The largest absolute Gasteiger partial charge is 0.338 e. The van der Waals surface area contributed by atoms with Crippen molar-refractivity contribution in [2.45, 2.75) is 18.9 Å². The molecule has 0 aliphatic carbocycles. The van der Waals surface area contributed by atoms with Gasteiger partial charge in [-0.05, 0) is 41.0 Å². The van der Waals surface area contributed by atoms with Crippen molar-refractivity contribution in [2.75, 3.05) is 7.05 Å². The molecule has 0 fully saturated rings. The molecule has 0 aliphatic heterocycles. The van der Waals surface area contributed by atoms with Crippen molar-refractivity contribution >= 4 is 15.9 Å². The highest BCUT2D eigenvalue weighted by Gasteiger charge is 2.18. The van der Waals surface area contributed by atoms with Crippen LogP contribution in [0.4, 0.5) is 8.78 Å². The van der Waals surface area contributed by atoms with Crippen LogP contribution in [0.5, 0.6) is 0 Å². The topological polar surface area (TPSA) is 29.9 Å². The van der Waals surface area contributed by atoms with Crippen LogP contribution in [-0.4, -0.2) is 16.6 Å². The second kappa shape index (κ2) is 6.45. The predicted molar refractivity (Wildman–Crippen MR) is 77.4 cm³/mol. The van der Waals surface area contributed by atoms with Gasteiger partial charge in [-0.25, -0.2) is 13.8 Å². The molecule has 0 saturated carbocycles. The average molecular weight is 344 g/mol. The molecule has 0 spiro atoms. The van der Waals surface area contributed by atoms with Crippen LogP contribution in [0.2, 0.25) is 0 Å². The molecule has 2 rings (SSSR count). The molecule has 3 nitrogen and oxygen atoms in total. The van der Waals surface area contributed by atoms with Gasteiger partial charge in [0.25, 0.3) is 0 Å². The molecule has 0 aliphatic rings. The number of nitrogens with zero attached hydrogens (tertiary/aromatic N) is 2. The van der Waals surface area contributed by atoms with Gasteiger partial charge < -0.3 is 9.88 Å². The number of hydrogen-bond donors (Lipinski definition) is 1. The minimum absolute atomic E-state index is 0.0730. The molecule has 1 unspecified atom stereocenters. The molecule has 1 heterocycles. The maximum Gasteiger partial charge on any atom is 0.173 e. The van der Waals surface area contributed by atoms with Crippen molar-refractivity contribution in [2.24, 2.45) is 7.05 Å². The molecule has 1 atom stereocenters. The quantitative estimate of drug-likeness (QED) is 0.843. The van der Waals surface area contributed by atoms with Crippen molar-refractivity contribution in [3.63, 3.8) is 0 Å². The Labute approximate surface area is 125 Å². The summed E-state index contributed by atoms with van der Waals surface area (Å²) in [4.78, 5) is 4.26. The first-order valence-corrected chi connectivity index (χ1v) is 7.10. The average Bonchev–Trinajstić information content (AvgIpc) is 2.84. The van der Waals surface area contributed by atoms with Gasteiger partial charge in [-0.15, -0.1) is 0 Å². The summed E-state index contributed by atoms with van der Waals surface area (Å²) >= 11 is 3.13. The molecule has 0 amide bonds. The van der Waals surface area contributed by atoms with E-state index in [1.165, 1.54) is 0 Å². The lowest BCUT2D eigenvalue weighted by atomic mass is 10.0. The summed E-state index contributed by atoms with van der Waals surface area (Å²) in [6.45, 7) is 0. The third-order valence-electron chi connectivity index (χ3n) is 3.37. The number of benzene rings is 1. The molecule has 1 N–H and O–H groups in total. The summed E-state index contributed by atoms with van der Waals surface area (Å²) in [5, 5.41) is 3.13. The fraction of sp³-hybridized carbons (Fsp3) is 0.357. The van der Waals surface area contributed by atoms with Gasteiger partial charge in [0.1, 0.15) is 5.82 Å². The van der Waals surface area contributed by atoms with Gasteiger partial charge in [0.15, 0.2) is 11.6 Å². The Hall–Kier alpha value is -1.27. The lowest BCUT2D eigenvalue weighted by Gasteiger charge is -2.18. The van der Waals surface area contributed by atoms with E-state index in [1.54, 1.807) is 19.3 Å². The van der Waals surface area contributed by atoms with E-state index in [9.17, 15) is 8.78 Å². The molecule has 0 bridgehead atoms. The SMILES string of the molecule is CNC(CCc1nccn1C)c1ccc(F)c(F)c1Br. The van der Waals surface area contributed by atoms with Crippen LogP contribution in [0, 0.1) is 11.6 Å². The van der Waals surface area contributed by atoms with Crippen LogP contribution in [0.3, 0.4) is 0 Å². The normalized spacial score (nSPS) is 12.7. The Morgan fingerprint density at radius 1 is 1.40 bits per heavy atom. The smallest absolute Gasteiger partial charge is 0.173 e. The summed E-state index contributed by atoms with van der Waals surface area (Å²) < 4.78 is 28.9. The zero-order chi connectivity index (χ0) is 14.7. The first kappa shape index (κ1) is 15.1. The van der Waals surface area contributed by atoms with Crippen LogP contribution in [-0.2, 0) is 13.5 Å². The monoisotopic (exact) mass is 343 g/mol. The predicted octanol–water partition coefficient (Wildman–Crippen LogP) is 3.35. The molecule has 6 heteroatoms. The van der Waals surface area contributed by atoms with Gasteiger partial charge in [-0.1, -0.05) is 6.07 Å². The van der Waals surface area contributed by atoms with Gasteiger partial charge in [-0.3, -0.25) is 0 Å². The lowest BCUT2D eigenvalue weighted by Crippen LogP contribution is -2.19. The van der Waals surface area contributed by atoms with Crippen molar-refractivity contribution in [1.82, 2.24) is 14.9 Å². The highest BCUT2D eigenvalue weighted by atomic mass is 79.9. The second-order valence-corrected chi connectivity index (χ2v) is 5.39. The molecule has 108 valence electrons. The van der Waals surface area contributed by atoms with E-state index in [-0.39, 0.29) is 10.5 Å². The Morgan fingerprint density at radius 3 is 2.75 bits per heavy atom. The lowest BCUT2D eigenvalue weighted by molar-refractivity contribution is 0.488. The maximum absolute atomic E-state index is 13.6. The summed E-state index contributed by atoms with van der Waals surface area (Å²) in [7, 11) is 3.74. The van der Waals surface area contributed by atoms with Gasteiger partial charge in [-0.2, -0.15) is 0 Å². The van der Waals surface area contributed by atoms with E-state index in [2.05, 4.69) is 26.2 Å². The van der Waals surface area contributed by atoms with Crippen LogP contribution < -0.4 is 5.32 Å². The molecule has 0 saturated heterocycles. The Kier molecular flexibility index (Phi) is 4.88. The minimum Gasteiger partial charge on any atom is -0.338 e. The van der Waals surface area contributed by atoms with Crippen LogP contribution >= 0.6 is 15.9 Å². The molecule has 1 aromatic heterocycles. The van der Waals surface area contributed by atoms with Gasteiger partial charge in [0.2, 0.25) is 0 Å². The van der Waals surface area contributed by atoms with E-state index < -0.39 is 11.6 Å². The number of nitrogens with one attached hydrogen (secondary N) is 1. The molecular weight excluding hydrogens is 328 g/mol. The Morgan fingerprint density at radius 2 is 2.15 bits per heavy atom. The number of aryl methyl sites for hydroxylation is 2. The first-order chi connectivity index (χ1) is 9.54. The van der Waals surface area contributed by atoms with Crippen LogP contribution in [0.25, 0.3) is 0 Å². The number of aromatic nitrogens is 2. The Bertz CT molecular complexity index is 598. The zero-order valence-electron chi connectivity index (χ0n) is 11.3. The van der Waals surface area contributed by atoms with E-state index in [1.807, 2.05) is 17.8 Å². The highest BCUT2D eigenvalue weighted by molar-refractivity contribution is 9.10. The third-order valence-corrected chi connectivity index (χ3v) is 4.17. The van der Waals surface area contributed by atoms with Crippen LogP contribution in [0.15, 0.2) is 29.0 Å². The van der Waals surface area contributed by atoms with Gasteiger partial charge >= 0.3 is 0 Å². The van der Waals surface area contributed by atoms with E-state index in [0.717, 1.165) is 24.7 Å². The molecule has 1 aromatic carbocycles. The zero-order valence-corrected chi connectivity index (χ0v) is 12.9. The molecular formula is C14H16BrF2N3. The number of hydrogen-bond acceptors (Lipinski definition) is 2. The fourth-order valence-electron chi connectivity index (χ4n) is 2.18. The molecule has 2 aromatic rings. The number of halogens is 3. The van der Waals surface area contributed by atoms with E-state index >= 15 is 0 Å². The summed E-state index contributed by atoms with van der Waals surface area (Å²) in [6, 6.07) is 2.68. The third kappa shape index (κ3) is 3.07. The van der Waals surface area contributed by atoms with E-state index in [4.69, 9.17) is 0 Å². The number of rotatable bonds is 5. The van der Waals surface area contributed by atoms with Crippen molar-refractivity contribution in [3.8, 4) is 0 Å². The Balaban J connectivity index is 2.16. The van der Waals surface area contributed by atoms with Gasteiger partial charge in [0.05, 0.1) is 4.47 Å². The minimum atomic E-state index is -0.848. The van der Waals surface area contributed by atoms with Gasteiger partial charge in [0, 0.05) is 31.9 Å². The molecule has 20 heavy (non-hydrogen) atoms. The highest BCUT2D eigenvalue weighted by Crippen LogP contribution is 2.30. The van der Waals surface area contributed by atoms with Crippen molar-refractivity contribution in [1.29, 1.82) is 0 Å². The first-order valence-electron chi connectivity index (χ1n) is 6.31. The molecule has 0 radical (unpaired) electrons. The standard InChI is InChI=1S/C14H16BrF2N3/c1-18-11(5-6-12-19-7-8-20(12)2)9-3-4-10(16)14(17)13(9)15/h3-4,7-8,11,18H,5-6H2,1-2H3. The maximum atomic E-state index is 13.6. The fourth-order valence-corrected chi connectivity index (χ4v) is 2.77. The van der Waals surface area contributed by atoms with Crippen molar-refractivity contribution < 1.29 is 8.78 Å². The second-order valence-electron chi connectivity index (χ2n) is 4.60. The number of imidazole rings is 1. The summed E-state index contributed by atoms with van der Waals surface area (Å²) in [5.74, 6) is -0.733. The summed E-state index contributed by atoms with van der Waals surface area (Å²) in [5.41, 5.74) is 0.709. The van der Waals surface area contributed by atoms with E-state index in [0.29, 0.717) is 5.56 Å².